The first-order valence-corrected chi connectivity index (χ1v) is 6.86. The topological polar surface area (TPSA) is 12.0 Å². The Kier molecular flexibility index (Phi) is 4.97. The predicted octanol–water partition coefficient (Wildman–Crippen LogP) is 5.12. The third-order valence-corrected chi connectivity index (χ3v) is 3.62. The molecule has 0 fully saturated rings. The fourth-order valence-electron chi connectivity index (χ4n) is 1.91. The molecular formula is C15H13Cl2F2N. The van der Waals surface area contributed by atoms with Crippen LogP contribution in [0.5, 0.6) is 0 Å². The van der Waals surface area contributed by atoms with Crippen molar-refractivity contribution in [3.8, 4) is 0 Å². The molecule has 0 amide bonds. The molecule has 20 heavy (non-hydrogen) atoms. The van der Waals surface area contributed by atoms with E-state index in [0.29, 0.717) is 10.0 Å². The van der Waals surface area contributed by atoms with Gasteiger partial charge in [0.25, 0.3) is 0 Å². The van der Waals surface area contributed by atoms with Gasteiger partial charge in [-0.3, -0.25) is 0 Å². The molecule has 5 heteroatoms. The molecule has 1 unspecified atom stereocenters. The Bertz CT molecular complexity index is 617. The second kappa shape index (κ2) is 6.53. The highest BCUT2D eigenvalue weighted by Gasteiger charge is 2.12. The number of hydrogen-bond donors (Lipinski definition) is 1. The largest absolute Gasteiger partial charge is 0.306 e. The minimum Gasteiger partial charge on any atom is -0.306 e. The third-order valence-electron chi connectivity index (χ3n) is 3.06. The summed E-state index contributed by atoms with van der Waals surface area (Å²) in [5.74, 6) is -1.67. The van der Waals surface area contributed by atoms with Crippen LogP contribution in [0.3, 0.4) is 0 Å². The number of benzene rings is 2. The molecule has 0 aromatic heterocycles. The molecule has 2 aromatic rings. The van der Waals surface area contributed by atoms with Crippen LogP contribution in [0.2, 0.25) is 10.0 Å². The highest BCUT2D eigenvalue weighted by Crippen LogP contribution is 2.26. The summed E-state index contributed by atoms with van der Waals surface area (Å²) >= 11 is 11.9. The smallest absolute Gasteiger partial charge is 0.163 e. The summed E-state index contributed by atoms with van der Waals surface area (Å²) in [6.45, 7) is 2.11. The molecule has 0 heterocycles. The number of hydrogen-bond acceptors (Lipinski definition) is 1. The van der Waals surface area contributed by atoms with Crippen molar-refractivity contribution in [2.75, 3.05) is 0 Å². The third kappa shape index (κ3) is 3.48. The van der Waals surface area contributed by atoms with Gasteiger partial charge in [0, 0.05) is 28.2 Å². The molecule has 1 nitrogen and oxygen atoms in total. The fourth-order valence-corrected chi connectivity index (χ4v) is 2.48. The van der Waals surface area contributed by atoms with E-state index in [2.05, 4.69) is 5.32 Å². The minimum atomic E-state index is -0.846. The van der Waals surface area contributed by atoms with E-state index < -0.39 is 11.6 Å². The lowest BCUT2D eigenvalue weighted by molar-refractivity contribution is 0.484. The molecule has 2 rings (SSSR count). The molecule has 0 saturated carbocycles. The molecule has 0 aliphatic heterocycles. The molecule has 0 saturated heterocycles. The lowest BCUT2D eigenvalue weighted by Crippen LogP contribution is -2.19. The molecule has 0 bridgehead atoms. The predicted molar refractivity (Wildman–Crippen MR) is 78.1 cm³/mol. The average molecular weight is 316 g/mol. The van der Waals surface area contributed by atoms with Gasteiger partial charge in [0.15, 0.2) is 11.6 Å². The Morgan fingerprint density at radius 3 is 2.60 bits per heavy atom. The first-order chi connectivity index (χ1) is 9.49. The van der Waals surface area contributed by atoms with Gasteiger partial charge in [-0.2, -0.15) is 0 Å². The van der Waals surface area contributed by atoms with Gasteiger partial charge in [-0.05, 0) is 30.7 Å². The van der Waals surface area contributed by atoms with Crippen LogP contribution in [0.1, 0.15) is 24.1 Å². The SMILES string of the molecule is CC(NCc1cccc(F)c1F)c1ccc(Cl)cc1Cl. The first kappa shape index (κ1) is 15.2. The van der Waals surface area contributed by atoms with E-state index in [1.165, 1.54) is 6.07 Å². The Balaban J connectivity index is 2.08. The Labute approximate surface area is 126 Å². The van der Waals surface area contributed by atoms with Gasteiger partial charge < -0.3 is 5.32 Å². The van der Waals surface area contributed by atoms with Crippen molar-refractivity contribution in [3.63, 3.8) is 0 Å². The second-order valence-electron chi connectivity index (χ2n) is 4.48. The Morgan fingerprint density at radius 1 is 1.15 bits per heavy atom. The lowest BCUT2D eigenvalue weighted by Gasteiger charge is -2.16. The molecule has 0 aliphatic rings. The van der Waals surface area contributed by atoms with Gasteiger partial charge >= 0.3 is 0 Å². The van der Waals surface area contributed by atoms with Crippen LogP contribution in [-0.4, -0.2) is 0 Å². The van der Waals surface area contributed by atoms with Crippen molar-refractivity contribution < 1.29 is 8.78 Å². The standard InChI is InChI=1S/C15H13Cl2F2N/c1-9(12-6-5-11(16)7-13(12)17)20-8-10-3-2-4-14(18)15(10)19/h2-7,9,20H,8H2,1H3. The molecular weight excluding hydrogens is 303 g/mol. The molecule has 0 spiro atoms. The van der Waals surface area contributed by atoms with E-state index in [0.717, 1.165) is 11.6 Å². The summed E-state index contributed by atoms with van der Waals surface area (Å²) in [5, 5.41) is 4.21. The van der Waals surface area contributed by atoms with Gasteiger partial charge in [0.2, 0.25) is 0 Å². The van der Waals surface area contributed by atoms with Crippen molar-refractivity contribution in [2.24, 2.45) is 0 Å². The van der Waals surface area contributed by atoms with E-state index in [9.17, 15) is 8.78 Å². The summed E-state index contributed by atoms with van der Waals surface area (Å²) in [5.41, 5.74) is 1.13. The zero-order valence-corrected chi connectivity index (χ0v) is 12.3. The van der Waals surface area contributed by atoms with Gasteiger partial charge in [0.05, 0.1) is 0 Å². The summed E-state index contributed by atoms with van der Waals surface area (Å²) in [6, 6.07) is 9.21. The van der Waals surface area contributed by atoms with Gasteiger partial charge in [-0.15, -0.1) is 0 Å². The molecule has 1 N–H and O–H groups in total. The van der Waals surface area contributed by atoms with E-state index >= 15 is 0 Å². The van der Waals surface area contributed by atoms with Gasteiger partial charge in [-0.1, -0.05) is 41.4 Å². The second-order valence-corrected chi connectivity index (χ2v) is 5.33. The highest BCUT2D eigenvalue weighted by atomic mass is 35.5. The number of nitrogens with one attached hydrogen (secondary N) is 1. The minimum absolute atomic E-state index is 0.109. The van der Waals surface area contributed by atoms with Crippen LogP contribution >= 0.6 is 23.2 Å². The zero-order valence-electron chi connectivity index (χ0n) is 10.8. The maximum Gasteiger partial charge on any atom is 0.163 e. The summed E-state index contributed by atoms with van der Waals surface area (Å²) in [7, 11) is 0. The maximum absolute atomic E-state index is 13.5. The Hall–Kier alpha value is -1.16. The summed E-state index contributed by atoms with van der Waals surface area (Å²) in [4.78, 5) is 0. The summed E-state index contributed by atoms with van der Waals surface area (Å²) < 4.78 is 26.6. The molecule has 106 valence electrons. The van der Waals surface area contributed by atoms with E-state index in [1.807, 2.05) is 13.0 Å². The fraction of sp³-hybridized carbons (Fsp3) is 0.200. The van der Waals surface area contributed by atoms with Crippen LogP contribution in [0.15, 0.2) is 36.4 Å². The maximum atomic E-state index is 13.5. The van der Waals surface area contributed by atoms with E-state index in [1.54, 1.807) is 18.2 Å². The monoisotopic (exact) mass is 315 g/mol. The van der Waals surface area contributed by atoms with Crippen LogP contribution in [0.25, 0.3) is 0 Å². The van der Waals surface area contributed by atoms with Crippen LogP contribution in [-0.2, 0) is 6.54 Å². The van der Waals surface area contributed by atoms with Crippen molar-refractivity contribution >= 4 is 23.2 Å². The Morgan fingerprint density at radius 2 is 1.90 bits per heavy atom. The molecule has 2 aromatic carbocycles. The molecule has 0 radical (unpaired) electrons. The van der Waals surface area contributed by atoms with Crippen molar-refractivity contribution in [2.45, 2.75) is 19.5 Å². The van der Waals surface area contributed by atoms with Crippen LogP contribution in [0.4, 0.5) is 8.78 Å². The average Bonchev–Trinajstić information content (AvgIpc) is 2.40. The van der Waals surface area contributed by atoms with E-state index in [4.69, 9.17) is 23.2 Å². The van der Waals surface area contributed by atoms with Crippen molar-refractivity contribution in [1.82, 2.24) is 5.32 Å². The van der Waals surface area contributed by atoms with Crippen molar-refractivity contribution in [1.29, 1.82) is 0 Å². The van der Waals surface area contributed by atoms with Crippen LogP contribution < -0.4 is 5.32 Å². The molecule has 1 atom stereocenters. The van der Waals surface area contributed by atoms with Crippen molar-refractivity contribution in [3.05, 3.63) is 69.2 Å². The molecule has 0 aliphatic carbocycles. The zero-order chi connectivity index (χ0) is 14.7. The first-order valence-electron chi connectivity index (χ1n) is 6.10. The summed E-state index contributed by atoms with van der Waals surface area (Å²) in [6.07, 6.45) is 0. The number of halogens is 4. The van der Waals surface area contributed by atoms with Gasteiger partial charge in [-0.25, -0.2) is 8.78 Å². The highest BCUT2D eigenvalue weighted by molar-refractivity contribution is 6.35. The quantitative estimate of drug-likeness (QED) is 0.825. The van der Waals surface area contributed by atoms with Gasteiger partial charge in [0.1, 0.15) is 0 Å². The normalized spacial score (nSPS) is 12.4. The van der Waals surface area contributed by atoms with Crippen LogP contribution in [0, 0.1) is 11.6 Å². The van der Waals surface area contributed by atoms with E-state index in [-0.39, 0.29) is 18.2 Å². The number of rotatable bonds is 4. The lowest BCUT2D eigenvalue weighted by atomic mass is 10.1.